The Morgan fingerprint density at radius 3 is 2.88 bits per heavy atom. The SMILES string of the molecule is CCCOc1ccc(-c2csc(NC(=O)C3=COCCO3)n2)cc1. The van der Waals surface area contributed by atoms with Crippen molar-refractivity contribution in [3.05, 3.63) is 41.7 Å². The molecule has 1 aromatic carbocycles. The molecule has 0 aliphatic carbocycles. The summed E-state index contributed by atoms with van der Waals surface area (Å²) in [7, 11) is 0. The second-order valence-electron chi connectivity index (χ2n) is 5.07. The van der Waals surface area contributed by atoms with E-state index in [0.717, 1.165) is 23.4 Å². The van der Waals surface area contributed by atoms with Crippen molar-refractivity contribution in [2.75, 3.05) is 25.1 Å². The number of hydrogen-bond acceptors (Lipinski definition) is 6. The van der Waals surface area contributed by atoms with Crippen molar-refractivity contribution in [1.82, 2.24) is 4.98 Å². The minimum atomic E-state index is -0.362. The third-order valence-electron chi connectivity index (χ3n) is 3.22. The van der Waals surface area contributed by atoms with Crippen molar-refractivity contribution in [2.45, 2.75) is 13.3 Å². The van der Waals surface area contributed by atoms with Crippen molar-refractivity contribution in [1.29, 1.82) is 0 Å². The fourth-order valence-corrected chi connectivity index (χ4v) is 2.77. The Morgan fingerprint density at radius 1 is 1.33 bits per heavy atom. The van der Waals surface area contributed by atoms with Crippen molar-refractivity contribution < 1.29 is 19.0 Å². The second-order valence-corrected chi connectivity index (χ2v) is 5.92. The lowest BCUT2D eigenvalue weighted by atomic mass is 10.2. The van der Waals surface area contributed by atoms with Crippen LogP contribution in [0.5, 0.6) is 5.75 Å². The lowest BCUT2D eigenvalue weighted by Crippen LogP contribution is -2.21. The third kappa shape index (κ3) is 4.05. The molecule has 1 aliphatic heterocycles. The number of anilines is 1. The molecule has 0 spiro atoms. The molecule has 24 heavy (non-hydrogen) atoms. The molecule has 2 aromatic rings. The smallest absolute Gasteiger partial charge is 0.295 e. The Balaban J connectivity index is 1.64. The summed E-state index contributed by atoms with van der Waals surface area (Å²) < 4.78 is 15.9. The number of amides is 1. The van der Waals surface area contributed by atoms with Crippen LogP contribution in [-0.4, -0.2) is 30.7 Å². The minimum absolute atomic E-state index is 0.162. The maximum Gasteiger partial charge on any atom is 0.295 e. The molecule has 6 nitrogen and oxygen atoms in total. The zero-order valence-electron chi connectivity index (χ0n) is 13.3. The first-order chi connectivity index (χ1) is 11.8. The predicted molar refractivity (Wildman–Crippen MR) is 92.0 cm³/mol. The summed E-state index contributed by atoms with van der Waals surface area (Å²) >= 11 is 1.36. The number of rotatable bonds is 6. The number of thiazole rings is 1. The van der Waals surface area contributed by atoms with Gasteiger partial charge in [0, 0.05) is 10.9 Å². The van der Waals surface area contributed by atoms with Gasteiger partial charge in [0.1, 0.15) is 25.2 Å². The van der Waals surface area contributed by atoms with Crippen LogP contribution in [-0.2, 0) is 14.3 Å². The molecule has 0 unspecified atom stereocenters. The van der Waals surface area contributed by atoms with E-state index in [1.165, 1.54) is 17.6 Å². The molecule has 1 amide bonds. The van der Waals surface area contributed by atoms with Gasteiger partial charge in [0.2, 0.25) is 5.76 Å². The van der Waals surface area contributed by atoms with Gasteiger partial charge in [0.15, 0.2) is 5.13 Å². The number of ether oxygens (including phenoxy) is 3. The Bertz CT molecular complexity index is 724. The molecule has 2 heterocycles. The van der Waals surface area contributed by atoms with Crippen LogP contribution in [0, 0.1) is 0 Å². The summed E-state index contributed by atoms with van der Waals surface area (Å²) in [4.78, 5) is 16.5. The molecule has 7 heteroatoms. The molecule has 1 aliphatic rings. The number of hydrogen-bond donors (Lipinski definition) is 1. The summed E-state index contributed by atoms with van der Waals surface area (Å²) in [5.74, 6) is 0.639. The number of aromatic nitrogens is 1. The molecule has 1 N–H and O–H groups in total. The Labute approximate surface area is 144 Å². The summed E-state index contributed by atoms with van der Waals surface area (Å²) in [6.07, 6.45) is 2.30. The van der Waals surface area contributed by atoms with Gasteiger partial charge in [-0.15, -0.1) is 11.3 Å². The second kappa shape index (κ2) is 7.83. The summed E-state index contributed by atoms with van der Waals surface area (Å²) in [5, 5.41) is 5.12. The molecule has 0 fully saturated rings. The first kappa shape index (κ1) is 16.3. The van der Waals surface area contributed by atoms with Gasteiger partial charge in [-0.3, -0.25) is 10.1 Å². The van der Waals surface area contributed by atoms with E-state index >= 15 is 0 Å². The standard InChI is InChI=1S/C17H18N2O4S/c1-2-7-22-13-5-3-12(4-6-13)14-11-24-17(18-14)19-16(20)15-10-21-8-9-23-15/h3-6,10-11H,2,7-9H2,1H3,(H,18,19,20). The van der Waals surface area contributed by atoms with Gasteiger partial charge < -0.3 is 14.2 Å². The minimum Gasteiger partial charge on any atom is -0.494 e. The van der Waals surface area contributed by atoms with Gasteiger partial charge in [-0.05, 0) is 30.7 Å². The Kier molecular flexibility index (Phi) is 5.32. The molecule has 0 saturated heterocycles. The van der Waals surface area contributed by atoms with Crippen molar-refractivity contribution in [3.63, 3.8) is 0 Å². The number of benzene rings is 1. The van der Waals surface area contributed by atoms with Crippen LogP contribution < -0.4 is 10.1 Å². The Morgan fingerprint density at radius 2 is 2.17 bits per heavy atom. The van der Waals surface area contributed by atoms with Gasteiger partial charge in [0.25, 0.3) is 5.91 Å². The Hall–Kier alpha value is -2.54. The van der Waals surface area contributed by atoms with Crippen molar-refractivity contribution in [2.24, 2.45) is 0 Å². The quantitative estimate of drug-likeness (QED) is 0.868. The number of nitrogens with zero attached hydrogens (tertiary/aromatic N) is 1. The molecular formula is C17H18N2O4S. The fraction of sp³-hybridized carbons (Fsp3) is 0.294. The van der Waals surface area contributed by atoms with E-state index in [4.69, 9.17) is 14.2 Å². The zero-order chi connectivity index (χ0) is 16.8. The first-order valence-electron chi connectivity index (χ1n) is 7.71. The highest BCUT2D eigenvalue weighted by atomic mass is 32.1. The van der Waals surface area contributed by atoms with Gasteiger partial charge >= 0.3 is 0 Å². The van der Waals surface area contributed by atoms with Crippen LogP contribution in [0.2, 0.25) is 0 Å². The fourth-order valence-electron chi connectivity index (χ4n) is 2.05. The summed E-state index contributed by atoms with van der Waals surface area (Å²) in [6, 6.07) is 7.74. The number of carbonyl (C=O) groups is 1. The normalized spacial score (nSPS) is 13.5. The topological polar surface area (TPSA) is 69.7 Å². The average molecular weight is 346 g/mol. The summed E-state index contributed by atoms with van der Waals surface area (Å²) in [6.45, 7) is 3.60. The molecule has 0 bridgehead atoms. The van der Waals surface area contributed by atoms with E-state index in [1.807, 2.05) is 29.6 Å². The monoisotopic (exact) mass is 346 g/mol. The number of carbonyl (C=O) groups excluding carboxylic acids is 1. The maximum absolute atomic E-state index is 12.0. The molecule has 0 atom stereocenters. The van der Waals surface area contributed by atoms with Crippen LogP contribution in [0.1, 0.15) is 13.3 Å². The third-order valence-corrected chi connectivity index (χ3v) is 3.98. The molecule has 0 saturated carbocycles. The van der Waals surface area contributed by atoms with Crippen LogP contribution in [0.15, 0.2) is 41.7 Å². The van der Waals surface area contributed by atoms with Gasteiger partial charge in [0.05, 0.1) is 12.3 Å². The van der Waals surface area contributed by atoms with E-state index in [2.05, 4.69) is 17.2 Å². The van der Waals surface area contributed by atoms with Crippen LogP contribution in [0.25, 0.3) is 11.3 Å². The highest BCUT2D eigenvalue weighted by Gasteiger charge is 2.16. The van der Waals surface area contributed by atoms with Crippen LogP contribution >= 0.6 is 11.3 Å². The lowest BCUT2D eigenvalue weighted by molar-refractivity contribution is -0.117. The van der Waals surface area contributed by atoms with Gasteiger partial charge in [-0.1, -0.05) is 6.92 Å². The van der Waals surface area contributed by atoms with Crippen molar-refractivity contribution >= 4 is 22.4 Å². The van der Waals surface area contributed by atoms with E-state index in [-0.39, 0.29) is 11.7 Å². The molecule has 3 rings (SSSR count). The van der Waals surface area contributed by atoms with Crippen molar-refractivity contribution in [3.8, 4) is 17.0 Å². The van der Waals surface area contributed by atoms with E-state index < -0.39 is 0 Å². The van der Waals surface area contributed by atoms with Gasteiger partial charge in [-0.25, -0.2) is 4.98 Å². The van der Waals surface area contributed by atoms with E-state index in [9.17, 15) is 4.79 Å². The maximum atomic E-state index is 12.0. The first-order valence-corrected chi connectivity index (χ1v) is 8.59. The summed E-state index contributed by atoms with van der Waals surface area (Å²) in [5.41, 5.74) is 1.76. The molecular weight excluding hydrogens is 328 g/mol. The highest BCUT2D eigenvalue weighted by molar-refractivity contribution is 7.14. The lowest BCUT2D eigenvalue weighted by Gasteiger charge is -2.14. The van der Waals surface area contributed by atoms with Gasteiger partial charge in [-0.2, -0.15) is 0 Å². The molecule has 126 valence electrons. The highest BCUT2D eigenvalue weighted by Crippen LogP contribution is 2.27. The molecule has 0 radical (unpaired) electrons. The van der Waals surface area contributed by atoms with E-state index in [1.54, 1.807) is 0 Å². The number of nitrogens with one attached hydrogen (secondary N) is 1. The predicted octanol–water partition coefficient (Wildman–Crippen LogP) is 3.43. The zero-order valence-corrected chi connectivity index (χ0v) is 14.1. The largest absolute Gasteiger partial charge is 0.494 e. The van der Waals surface area contributed by atoms with Crippen LogP contribution in [0.4, 0.5) is 5.13 Å². The van der Waals surface area contributed by atoms with Crippen LogP contribution in [0.3, 0.4) is 0 Å². The molecule has 1 aromatic heterocycles. The average Bonchev–Trinajstić information content (AvgIpc) is 3.09. The van der Waals surface area contributed by atoms with E-state index in [0.29, 0.717) is 25.0 Å².